The van der Waals surface area contributed by atoms with E-state index in [0.29, 0.717) is 13.2 Å². The highest BCUT2D eigenvalue weighted by atomic mass is 35.5. The SMILES string of the molecule is O=C(NC1CCC2(CC1)OCCO2)c1cccc(F)c1Cl. The molecule has 0 radical (unpaired) electrons. The Hall–Kier alpha value is -1.17. The van der Waals surface area contributed by atoms with E-state index in [4.69, 9.17) is 21.1 Å². The fourth-order valence-electron chi connectivity index (χ4n) is 2.93. The third-order valence-electron chi connectivity index (χ3n) is 4.09. The van der Waals surface area contributed by atoms with E-state index in [1.807, 2.05) is 0 Å². The highest BCUT2D eigenvalue weighted by Crippen LogP contribution is 2.35. The minimum atomic E-state index is -0.584. The Morgan fingerprint density at radius 3 is 2.62 bits per heavy atom. The normalized spacial score (nSPS) is 21.6. The van der Waals surface area contributed by atoms with Crippen LogP contribution in [-0.2, 0) is 9.47 Å². The number of benzene rings is 1. The standard InChI is InChI=1S/C15H17ClFNO3/c16-13-11(2-1-3-12(13)17)14(19)18-10-4-6-15(7-5-10)20-8-9-21-15/h1-3,10H,4-9H2,(H,18,19). The molecule has 2 fully saturated rings. The molecule has 0 atom stereocenters. The molecule has 0 bridgehead atoms. The molecule has 1 saturated heterocycles. The molecule has 114 valence electrons. The van der Waals surface area contributed by atoms with Crippen molar-refractivity contribution in [2.45, 2.75) is 37.5 Å². The van der Waals surface area contributed by atoms with Crippen molar-refractivity contribution in [1.82, 2.24) is 5.32 Å². The van der Waals surface area contributed by atoms with Crippen LogP contribution < -0.4 is 5.32 Å². The molecule has 2 aliphatic rings. The summed E-state index contributed by atoms with van der Waals surface area (Å²) in [6.07, 6.45) is 3.07. The molecule has 1 aromatic carbocycles. The highest BCUT2D eigenvalue weighted by Gasteiger charge is 2.40. The zero-order chi connectivity index (χ0) is 14.9. The third kappa shape index (κ3) is 3.05. The van der Waals surface area contributed by atoms with Crippen LogP contribution in [0, 0.1) is 5.82 Å². The van der Waals surface area contributed by atoms with Gasteiger partial charge in [-0.1, -0.05) is 17.7 Å². The monoisotopic (exact) mass is 313 g/mol. The summed E-state index contributed by atoms with van der Waals surface area (Å²) in [5.41, 5.74) is 0.172. The van der Waals surface area contributed by atoms with Crippen LogP contribution in [0.4, 0.5) is 4.39 Å². The number of halogens is 2. The lowest BCUT2D eigenvalue weighted by Gasteiger charge is -2.35. The predicted octanol–water partition coefficient (Wildman–Crippen LogP) is 2.89. The van der Waals surface area contributed by atoms with Gasteiger partial charge in [-0.3, -0.25) is 4.79 Å². The minimum Gasteiger partial charge on any atom is -0.349 e. The second-order valence-electron chi connectivity index (χ2n) is 5.46. The van der Waals surface area contributed by atoms with Crippen molar-refractivity contribution >= 4 is 17.5 Å². The number of hydrogen-bond acceptors (Lipinski definition) is 3. The average molecular weight is 314 g/mol. The van der Waals surface area contributed by atoms with Gasteiger partial charge in [-0.05, 0) is 25.0 Å². The molecule has 1 heterocycles. The summed E-state index contributed by atoms with van der Waals surface area (Å²) in [6.45, 7) is 1.27. The van der Waals surface area contributed by atoms with Crippen LogP contribution in [-0.4, -0.2) is 30.9 Å². The van der Waals surface area contributed by atoms with E-state index in [9.17, 15) is 9.18 Å². The summed E-state index contributed by atoms with van der Waals surface area (Å²) in [6, 6.07) is 4.27. The van der Waals surface area contributed by atoms with E-state index in [2.05, 4.69) is 5.32 Å². The van der Waals surface area contributed by atoms with Crippen LogP contribution in [0.25, 0.3) is 0 Å². The summed E-state index contributed by atoms with van der Waals surface area (Å²) < 4.78 is 24.7. The first kappa shape index (κ1) is 14.8. The van der Waals surface area contributed by atoms with E-state index < -0.39 is 11.6 Å². The largest absolute Gasteiger partial charge is 0.349 e. The van der Waals surface area contributed by atoms with Crippen LogP contribution >= 0.6 is 11.6 Å². The number of carbonyl (C=O) groups is 1. The van der Waals surface area contributed by atoms with Crippen LogP contribution in [0.5, 0.6) is 0 Å². The second-order valence-corrected chi connectivity index (χ2v) is 5.83. The smallest absolute Gasteiger partial charge is 0.253 e. The Morgan fingerprint density at radius 2 is 1.95 bits per heavy atom. The van der Waals surface area contributed by atoms with E-state index in [1.54, 1.807) is 0 Å². The quantitative estimate of drug-likeness (QED) is 0.913. The molecule has 21 heavy (non-hydrogen) atoms. The molecular weight excluding hydrogens is 297 g/mol. The van der Waals surface area contributed by atoms with E-state index in [0.717, 1.165) is 25.7 Å². The van der Waals surface area contributed by atoms with Crippen molar-refractivity contribution in [2.75, 3.05) is 13.2 Å². The fourth-order valence-corrected chi connectivity index (χ4v) is 3.14. The molecule has 1 N–H and O–H groups in total. The van der Waals surface area contributed by atoms with Crippen molar-refractivity contribution in [2.24, 2.45) is 0 Å². The fraction of sp³-hybridized carbons (Fsp3) is 0.533. The minimum absolute atomic E-state index is 0.0373. The summed E-state index contributed by atoms with van der Waals surface area (Å²) >= 11 is 5.83. The maximum Gasteiger partial charge on any atom is 0.253 e. The van der Waals surface area contributed by atoms with Gasteiger partial charge in [0.1, 0.15) is 5.82 Å². The topological polar surface area (TPSA) is 47.6 Å². The molecular formula is C15H17ClFNO3. The van der Waals surface area contributed by atoms with Crippen molar-refractivity contribution < 1.29 is 18.7 Å². The van der Waals surface area contributed by atoms with Crippen molar-refractivity contribution in [3.63, 3.8) is 0 Å². The Labute approximate surface area is 127 Å². The number of hydrogen-bond donors (Lipinski definition) is 1. The van der Waals surface area contributed by atoms with Gasteiger partial charge in [-0.2, -0.15) is 0 Å². The molecule has 1 aromatic rings. The van der Waals surface area contributed by atoms with Gasteiger partial charge in [0.25, 0.3) is 5.91 Å². The van der Waals surface area contributed by atoms with Gasteiger partial charge in [0.2, 0.25) is 0 Å². The molecule has 0 unspecified atom stereocenters. The molecule has 6 heteroatoms. The van der Waals surface area contributed by atoms with Gasteiger partial charge in [0, 0.05) is 18.9 Å². The highest BCUT2D eigenvalue weighted by molar-refractivity contribution is 6.34. The van der Waals surface area contributed by atoms with Crippen molar-refractivity contribution in [1.29, 1.82) is 0 Å². The predicted molar refractivity (Wildman–Crippen MR) is 75.8 cm³/mol. The number of carbonyl (C=O) groups excluding carboxylic acids is 1. The lowest BCUT2D eigenvalue weighted by Crippen LogP contribution is -2.44. The summed E-state index contributed by atoms with van der Waals surface area (Å²) in [7, 11) is 0. The molecule has 1 spiro atoms. The number of rotatable bonds is 2. The second kappa shape index (κ2) is 5.91. The van der Waals surface area contributed by atoms with Crippen LogP contribution in [0.2, 0.25) is 5.02 Å². The molecule has 1 amide bonds. The van der Waals surface area contributed by atoms with Gasteiger partial charge >= 0.3 is 0 Å². The number of amides is 1. The lowest BCUT2D eigenvalue weighted by molar-refractivity contribution is -0.179. The molecule has 1 aliphatic carbocycles. The van der Waals surface area contributed by atoms with Gasteiger partial charge in [0.15, 0.2) is 5.79 Å². The lowest BCUT2D eigenvalue weighted by atomic mass is 9.90. The van der Waals surface area contributed by atoms with Crippen LogP contribution in [0.15, 0.2) is 18.2 Å². The Kier molecular flexibility index (Phi) is 4.15. The third-order valence-corrected chi connectivity index (χ3v) is 4.48. The zero-order valence-electron chi connectivity index (χ0n) is 11.5. The first-order chi connectivity index (χ1) is 10.1. The van der Waals surface area contributed by atoms with E-state index in [1.165, 1.54) is 18.2 Å². The van der Waals surface area contributed by atoms with Crippen LogP contribution in [0.1, 0.15) is 36.0 Å². The maximum absolute atomic E-state index is 13.4. The molecule has 3 rings (SSSR count). The molecule has 1 saturated carbocycles. The number of nitrogens with one attached hydrogen (secondary N) is 1. The maximum atomic E-state index is 13.4. The van der Waals surface area contributed by atoms with Gasteiger partial charge in [0.05, 0.1) is 23.8 Å². The molecule has 0 aromatic heterocycles. The van der Waals surface area contributed by atoms with Crippen molar-refractivity contribution in [3.05, 3.63) is 34.6 Å². The van der Waals surface area contributed by atoms with E-state index >= 15 is 0 Å². The van der Waals surface area contributed by atoms with Gasteiger partial charge in [-0.15, -0.1) is 0 Å². The molecule has 4 nitrogen and oxygen atoms in total. The Bertz CT molecular complexity index is 536. The number of ether oxygens (including phenoxy) is 2. The van der Waals surface area contributed by atoms with Gasteiger partial charge in [-0.25, -0.2) is 4.39 Å². The van der Waals surface area contributed by atoms with Crippen LogP contribution in [0.3, 0.4) is 0 Å². The summed E-state index contributed by atoms with van der Waals surface area (Å²) in [5, 5.41) is 2.77. The summed E-state index contributed by atoms with van der Waals surface area (Å²) in [4.78, 5) is 12.2. The van der Waals surface area contributed by atoms with E-state index in [-0.39, 0.29) is 22.5 Å². The first-order valence-electron chi connectivity index (χ1n) is 7.12. The van der Waals surface area contributed by atoms with Gasteiger partial charge < -0.3 is 14.8 Å². The molecule has 1 aliphatic heterocycles. The summed E-state index contributed by atoms with van der Waals surface area (Å²) in [5.74, 6) is -1.37. The first-order valence-corrected chi connectivity index (χ1v) is 7.50. The Balaban J connectivity index is 1.60. The zero-order valence-corrected chi connectivity index (χ0v) is 12.3. The Morgan fingerprint density at radius 1 is 1.29 bits per heavy atom. The van der Waals surface area contributed by atoms with Crippen molar-refractivity contribution in [3.8, 4) is 0 Å². The average Bonchev–Trinajstić information content (AvgIpc) is 2.93.